The highest BCUT2D eigenvalue weighted by Crippen LogP contribution is 2.44. The van der Waals surface area contributed by atoms with E-state index in [9.17, 15) is 0 Å². The molecule has 0 aromatic carbocycles. The Morgan fingerprint density at radius 2 is 2.12 bits per heavy atom. The summed E-state index contributed by atoms with van der Waals surface area (Å²) in [4.78, 5) is 0. The first-order valence-electron chi connectivity index (χ1n) is 6.03. The lowest BCUT2D eigenvalue weighted by Gasteiger charge is -2.36. The Balaban J connectivity index is 1.92. The molecule has 0 spiro atoms. The van der Waals surface area contributed by atoms with Crippen molar-refractivity contribution < 1.29 is 0 Å². The number of hydrogen-bond donors (Lipinski definition) is 0. The normalized spacial score (nSPS) is 35.6. The minimum atomic E-state index is 0.251. The molecule has 0 radical (unpaired) electrons. The minimum absolute atomic E-state index is 0.251. The van der Waals surface area contributed by atoms with Gasteiger partial charge in [0.2, 0.25) is 0 Å². The Labute approximate surface area is 96.5 Å². The fourth-order valence-corrected chi connectivity index (χ4v) is 3.13. The molecule has 3 atom stereocenters. The second-order valence-electron chi connectivity index (χ2n) is 4.89. The van der Waals surface area contributed by atoms with Crippen LogP contribution >= 0.6 is 0 Å². The highest BCUT2D eigenvalue weighted by Gasteiger charge is 2.33. The van der Waals surface area contributed by atoms with E-state index in [2.05, 4.69) is 42.5 Å². The summed E-state index contributed by atoms with van der Waals surface area (Å²) in [6, 6.07) is 2.42. The van der Waals surface area contributed by atoms with Crippen molar-refractivity contribution in [3.05, 3.63) is 47.6 Å². The summed E-state index contributed by atoms with van der Waals surface area (Å²) in [5.74, 6) is 1.48. The van der Waals surface area contributed by atoms with E-state index in [0.717, 1.165) is 12.8 Å². The summed E-state index contributed by atoms with van der Waals surface area (Å²) in [7, 11) is 0. The van der Waals surface area contributed by atoms with Crippen LogP contribution in [0.15, 0.2) is 47.6 Å². The summed E-state index contributed by atoms with van der Waals surface area (Å²) < 4.78 is 0. The van der Waals surface area contributed by atoms with Crippen LogP contribution in [0.25, 0.3) is 0 Å². The summed E-state index contributed by atoms with van der Waals surface area (Å²) in [6.45, 7) is 0. The van der Waals surface area contributed by atoms with Crippen LogP contribution in [0.3, 0.4) is 0 Å². The monoisotopic (exact) mass is 209 g/mol. The van der Waals surface area contributed by atoms with Crippen LogP contribution in [0.1, 0.15) is 19.3 Å². The summed E-state index contributed by atoms with van der Waals surface area (Å²) in [6.07, 6.45) is 16.5. The van der Waals surface area contributed by atoms with E-state index in [0.29, 0.717) is 11.8 Å². The summed E-state index contributed by atoms with van der Waals surface area (Å²) >= 11 is 0. The average molecular weight is 209 g/mol. The smallest absolute Gasteiger partial charge is 0.0659 e. The molecule has 16 heavy (non-hydrogen) atoms. The van der Waals surface area contributed by atoms with Gasteiger partial charge < -0.3 is 0 Å². The number of rotatable bonds is 0. The van der Waals surface area contributed by atoms with Crippen molar-refractivity contribution >= 4 is 0 Å². The van der Waals surface area contributed by atoms with Crippen LogP contribution in [-0.4, -0.2) is 0 Å². The molecule has 0 saturated heterocycles. The predicted octanol–water partition coefficient (Wildman–Crippen LogP) is 3.53. The maximum atomic E-state index is 9.00. The van der Waals surface area contributed by atoms with Crippen molar-refractivity contribution in [2.75, 3.05) is 0 Å². The zero-order valence-electron chi connectivity index (χ0n) is 9.26. The topological polar surface area (TPSA) is 23.8 Å². The molecule has 0 aromatic heterocycles. The van der Waals surface area contributed by atoms with E-state index in [1.165, 1.54) is 17.6 Å². The quantitative estimate of drug-likeness (QED) is 0.598. The SMILES string of the molecule is N#CC1CCC2C(=CC=C3C=CC=CC32)C1. The Bertz CT molecular complexity index is 456. The van der Waals surface area contributed by atoms with Crippen molar-refractivity contribution in [3.8, 4) is 6.07 Å². The molecule has 1 heteroatoms. The van der Waals surface area contributed by atoms with Gasteiger partial charge in [-0.15, -0.1) is 0 Å². The largest absolute Gasteiger partial charge is 0.198 e. The van der Waals surface area contributed by atoms with Gasteiger partial charge in [0.1, 0.15) is 0 Å². The number of allylic oxidation sites excluding steroid dienone is 8. The molecular weight excluding hydrogens is 194 g/mol. The van der Waals surface area contributed by atoms with Crippen LogP contribution in [0.2, 0.25) is 0 Å². The van der Waals surface area contributed by atoms with Gasteiger partial charge in [-0.05, 0) is 30.8 Å². The third-order valence-corrected chi connectivity index (χ3v) is 3.99. The van der Waals surface area contributed by atoms with Crippen LogP contribution in [0, 0.1) is 29.1 Å². The highest BCUT2D eigenvalue weighted by molar-refractivity contribution is 5.42. The lowest BCUT2D eigenvalue weighted by Crippen LogP contribution is -2.26. The second-order valence-corrected chi connectivity index (χ2v) is 4.89. The van der Waals surface area contributed by atoms with Gasteiger partial charge in [-0.2, -0.15) is 5.26 Å². The molecule has 80 valence electrons. The third kappa shape index (κ3) is 1.46. The van der Waals surface area contributed by atoms with E-state index in [1.54, 1.807) is 0 Å². The first kappa shape index (κ1) is 9.66. The molecule has 1 saturated carbocycles. The van der Waals surface area contributed by atoms with Crippen LogP contribution in [0.5, 0.6) is 0 Å². The van der Waals surface area contributed by atoms with Crippen LogP contribution in [0.4, 0.5) is 0 Å². The maximum absolute atomic E-state index is 9.00. The van der Waals surface area contributed by atoms with E-state index in [4.69, 9.17) is 5.26 Å². The van der Waals surface area contributed by atoms with E-state index in [-0.39, 0.29) is 5.92 Å². The number of fused-ring (bicyclic) bond motifs is 3. The van der Waals surface area contributed by atoms with Gasteiger partial charge in [0.05, 0.1) is 12.0 Å². The molecule has 3 unspecified atom stereocenters. The van der Waals surface area contributed by atoms with Crippen molar-refractivity contribution in [1.29, 1.82) is 5.26 Å². The number of nitrogens with zero attached hydrogens (tertiary/aromatic N) is 1. The van der Waals surface area contributed by atoms with Crippen molar-refractivity contribution in [1.82, 2.24) is 0 Å². The van der Waals surface area contributed by atoms with Crippen molar-refractivity contribution in [3.63, 3.8) is 0 Å². The molecule has 1 fully saturated rings. The van der Waals surface area contributed by atoms with Crippen LogP contribution < -0.4 is 0 Å². The molecule has 0 heterocycles. The van der Waals surface area contributed by atoms with Gasteiger partial charge in [0.15, 0.2) is 0 Å². The first-order valence-corrected chi connectivity index (χ1v) is 6.03. The standard InChI is InChI=1S/C15H15N/c16-10-11-5-8-15-13(9-11)7-6-12-3-1-2-4-14(12)15/h1-4,6-7,11,14-15H,5,8-9H2. The number of nitriles is 1. The zero-order valence-corrected chi connectivity index (χ0v) is 9.26. The predicted molar refractivity (Wildman–Crippen MR) is 64.4 cm³/mol. The number of hydrogen-bond acceptors (Lipinski definition) is 1. The summed E-state index contributed by atoms with van der Waals surface area (Å²) in [5.41, 5.74) is 2.93. The average Bonchev–Trinajstić information content (AvgIpc) is 2.38. The van der Waals surface area contributed by atoms with Gasteiger partial charge in [0, 0.05) is 5.92 Å². The van der Waals surface area contributed by atoms with Crippen LogP contribution in [-0.2, 0) is 0 Å². The van der Waals surface area contributed by atoms with Gasteiger partial charge in [0.25, 0.3) is 0 Å². The Hall–Kier alpha value is -1.55. The van der Waals surface area contributed by atoms with Gasteiger partial charge in [-0.25, -0.2) is 0 Å². The summed E-state index contributed by atoms with van der Waals surface area (Å²) in [5, 5.41) is 9.00. The molecular formula is C15H15N. The molecule has 0 bridgehead atoms. The molecule has 0 aliphatic heterocycles. The lowest BCUT2D eigenvalue weighted by atomic mass is 9.67. The van der Waals surface area contributed by atoms with Gasteiger partial charge in [-0.1, -0.05) is 42.0 Å². The fourth-order valence-electron chi connectivity index (χ4n) is 3.13. The molecule has 3 aliphatic rings. The Morgan fingerprint density at radius 3 is 3.00 bits per heavy atom. The second kappa shape index (κ2) is 3.79. The van der Waals surface area contributed by atoms with E-state index in [1.807, 2.05) is 0 Å². The van der Waals surface area contributed by atoms with E-state index < -0.39 is 0 Å². The Morgan fingerprint density at radius 1 is 1.19 bits per heavy atom. The fraction of sp³-hybridized carbons (Fsp3) is 0.400. The molecule has 0 N–H and O–H groups in total. The molecule has 1 nitrogen and oxygen atoms in total. The molecule has 3 aliphatic carbocycles. The zero-order chi connectivity index (χ0) is 11.0. The first-order chi connectivity index (χ1) is 7.88. The lowest BCUT2D eigenvalue weighted by molar-refractivity contribution is 0.355. The van der Waals surface area contributed by atoms with E-state index >= 15 is 0 Å². The Kier molecular flexibility index (Phi) is 2.29. The molecule has 3 rings (SSSR count). The highest BCUT2D eigenvalue weighted by atomic mass is 14.4. The van der Waals surface area contributed by atoms with Crippen molar-refractivity contribution in [2.24, 2.45) is 17.8 Å². The van der Waals surface area contributed by atoms with Gasteiger partial charge in [-0.3, -0.25) is 0 Å². The maximum Gasteiger partial charge on any atom is 0.0659 e. The molecule has 0 amide bonds. The molecule has 0 aromatic rings. The minimum Gasteiger partial charge on any atom is -0.198 e. The van der Waals surface area contributed by atoms with Gasteiger partial charge >= 0.3 is 0 Å². The third-order valence-electron chi connectivity index (χ3n) is 3.99. The van der Waals surface area contributed by atoms with Crippen molar-refractivity contribution in [2.45, 2.75) is 19.3 Å².